The van der Waals surface area contributed by atoms with Gasteiger partial charge in [0.05, 0.1) is 0 Å². The van der Waals surface area contributed by atoms with E-state index in [2.05, 4.69) is 222 Å². The molecule has 0 aliphatic heterocycles. The summed E-state index contributed by atoms with van der Waals surface area (Å²) in [5.41, 5.74) is 16.5. The second kappa shape index (κ2) is 15.1. The number of rotatable bonds is 7. The maximum absolute atomic E-state index is 5.00. The molecule has 10 aromatic rings. The molecule has 0 amide bonds. The summed E-state index contributed by atoms with van der Waals surface area (Å²) in [4.78, 5) is 7.31. The Morgan fingerprint density at radius 2 is 1.16 bits per heavy atom. The van der Waals surface area contributed by atoms with E-state index in [0.717, 1.165) is 72.7 Å². The second-order valence-corrected chi connectivity index (χ2v) is 14.8. The number of aryl methyl sites for hydroxylation is 4. The van der Waals surface area contributed by atoms with Gasteiger partial charge in [0, 0.05) is 56.3 Å². The van der Waals surface area contributed by atoms with Gasteiger partial charge in [-0.2, -0.15) is 16.7 Å². The van der Waals surface area contributed by atoms with Gasteiger partial charge >= 0.3 is 0 Å². The molecule has 3 aromatic heterocycles. The molecule has 10 rings (SSSR count). The molecule has 3 heterocycles. The fourth-order valence-corrected chi connectivity index (χ4v) is 8.56. The van der Waals surface area contributed by atoms with Gasteiger partial charge in [0.15, 0.2) is 17.4 Å². The van der Waals surface area contributed by atoms with Crippen LogP contribution >= 0.6 is 0 Å². The summed E-state index contributed by atoms with van der Waals surface area (Å²) in [5, 5.41) is 2.28. The van der Waals surface area contributed by atoms with Gasteiger partial charge in [0.2, 0.25) is 0 Å². The number of aromatic nitrogens is 4. The predicted octanol–water partition coefficient (Wildman–Crippen LogP) is 13.2. The predicted molar refractivity (Wildman–Crippen MR) is 236 cm³/mol. The first-order valence-corrected chi connectivity index (χ1v) is 19.4. The normalized spacial score (nSPS) is 11.3. The molecule has 0 radical (unpaired) electrons. The molecule has 0 aliphatic carbocycles. The largest absolute Gasteiger partial charge is 0.357 e. The van der Waals surface area contributed by atoms with Gasteiger partial charge in [-0.15, -0.1) is 29.7 Å². The van der Waals surface area contributed by atoms with Crippen LogP contribution in [0.2, 0.25) is 0 Å². The minimum atomic E-state index is 0. The number of para-hydroxylation sites is 5. The standard InChI is InChI=1S/C52H40N5.Pt/c1-35-15-12-16-36(2)51(35)39-29-30-53-50(31-39)57-46-24-9-8-23-44(46)45-28-27-43(33-49(45)57)56(52-37(3)17-13-18-38(52)4)42-22-14-21-41(32-42)55-34-54(40-19-6-5-7-20-40)47-25-10-11-26-48(47)55;/h5-31,34H,1-4H3;/q-1;. The third-order valence-corrected chi connectivity index (χ3v) is 11.1. The molecule has 0 N–H and O–H groups in total. The first-order valence-electron chi connectivity index (χ1n) is 19.4. The van der Waals surface area contributed by atoms with Gasteiger partial charge in [-0.25, -0.2) is 9.55 Å². The van der Waals surface area contributed by atoms with Crippen LogP contribution in [0.25, 0.3) is 61.2 Å². The van der Waals surface area contributed by atoms with E-state index < -0.39 is 0 Å². The molecule has 284 valence electrons. The van der Waals surface area contributed by atoms with Crippen LogP contribution < -0.4 is 4.90 Å². The van der Waals surface area contributed by atoms with Gasteiger partial charge in [0.25, 0.3) is 0 Å². The van der Waals surface area contributed by atoms with Gasteiger partial charge in [0.1, 0.15) is 11.5 Å². The van der Waals surface area contributed by atoms with Crippen LogP contribution in [-0.4, -0.2) is 18.7 Å². The summed E-state index contributed by atoms with van der Waals surface area (Å²) >= 11 is 0. The molecule has 5 nitrogen and oxygen atoms in total. The van der Waals surface area contributed by atoms with E-state index in [1.54, 1.807) is 0 Å². The van der Waals surface area contributed by atoms with E-state index in [0.29, 0.717) is 0 Å². The van der Waals surface area contributed by atoms with Crippen molar-refractivity contribution in [1.82, 2.24) is 18.7 Å². The van der Waals surface area contributed by atoms with Crippen molar-refractivity contribution >= 4 is 49.9 Å². The zero-order valence-corrected chi connectivity index (χ0v) is 35.0. The fourth-order valence-electron chi connectivity index (χ4n) is 8.56. The first-order chi connectivity index (χ1) is 27.9. The second-order valence-electron chi connectivity index (χ2n) is 14.8. The molecule has 0 aliphatic rings. The summed E-state index contributed by atoms with van der Waals surface area (Å²) in [6, 6.07) is 63.5. The third kappa shape index (κ3) is 6.23. The number of anilines is 3. The maximum atomic E-state index is 5.00. The van der Waals surface area contributed by atoms with Crippen molar-refractivity contribution < 1.29 is 21.1 Å². The van der Waals surface area contributed by atoms with E-state index in [-0.39, 0.29) is 21.1 Å². The molecule has 0 saturated carbocycles. The third-order valence-electron chi connectivity index (χ3n) is 11.1. The summed E-state index contributed by atoms with van der Waals surface area (Å²) in [5.74, 6) is 0.855. The molecule has 0 atom stereocenters. The average Bonchev–Trinajstić information content (AvgIpc) is 3.79. The summed E-state index contributed by atoms with van der Waals surface area (Å²) in [6.07, 6.45) is 4.09. The molecule has 7 aromatic carbocycles. The first kappa shape index (κ1) is 37.0. The van der Waals surface area contributed by atoms with E-state index in [1.807, 2.05) is 6.20 Å². The molecule has 0 fully saturated rings. The van der Waals surface area contributed by atoms with Crippen molar-refractivity contribution in [3.8, 4) is 28.3 Å². The molecular weight excluding hydrogens is 890 g/mol. The van der Waals surface area contributed by atoms with E-state index in [4.69, 9.17) is 4.98 Å². The summed E-state index contributed by atoms with van der Waals surface area (Å²) in [7, 11) is 0. The zero-order chi connectivity index (χ0) is 38.6. The zero-order valence-electron chi connectivity index (χ0n) is 32.7. The quantitative estimate of drug-likeness (QED) is 0.149. The summed E-state index contributed by atoms with van der Waals surface area (Å²) in [6.45, 7) is 8.72. The van der Waals surface area contributed by atoms with Crippen molar-refractivity contribution in [1.29, 1.82) is 0 Å². The number of benzene rings is 7. The molecule has 0 spiro atoms. The van der Waals surface area contributed by atoms with Crippen LogP contribution in [0, 0.1) is 39.8 Å². The van der Waals surface area contributed by atoms with Crippen molar-refractivity contribution in [3.63, 3.8) is 0 Å². The fraction of sp³-hybridized carbons (Fsp3) is 0.0769. The van der Waals surface area contributed by atoms with Crippen LogP contribution in [0.1, 0.15) is 22.3 Å². The number of pyridine rings is 1. The van der Waals surface area contributed by atoms with Crippen LogP contribution in [0.5, 0.6) is 0 Å². The van der Waals surface area contributed by atoms with Crippen LogP contribution in [0.3, 0.4) is 0 Å². The van der Waals surface area contributed by atoms with Crippen molar-refractivity contribution in [2.75, 3.05) is 4.90 Å². The molecule has 0 unspecified atom stereocenters. The maximum Gasteiger partial charge on any atom is 0.168 e. The van der Waals surface area contributed by atoms with Gasteiger partial charge in [-0.3, -0.25) is 0 Å². The molecule has 58 heavy (non-hydrogen) atoms. The Balaban J connectivity index is 0.00000436. The van der Waals surface area contributed by atoms with Gasteiger partial charge in [-0.1, -0.05) is 108 Å². The van der Waals surface area contributed by atoms with Gasteiger partial charge in [-0.05, 0) is 96.8 Å². The average molecular weight is 930 g/mol. The minimum Gasteiger partial charge on any atom is -0.357 e. The van der Waals surface area contributed by atoms with E-state index >= 15 is 0 Å². The van der Waals surface area contributed by atoms with Crippen LogP contribution in [0.15, 0.2) is 170 Å². The van der Waals surface area contributed by atoms with E-state index in [9.17, 15) is 0 Å². The molecule has 0 saturated heterocycles. The SMILES string of the molecule is Cc1cccc(C)c1-c1ccnc(-n2c3[c-]c(N(c4[c-]c(-n5[cH+]n(-c6ccccc6)c6ccccc65)ccc4)c4c(C)cccc4C)ccc3c3ccccc32)c1.[Pt]. The molecule has 0 bridgehead atoms. The van der Waals surface area contributed by atoms with Crippen molar-refractivity contribution in [2.45, 2.75) is 27.7 Å². The Hall–Kier alpha value is -6.55. The number of nitrogens with zero attached hydrogens (tertiary/aromatic N) is 5. The van der Waals surface area contributed by atoms with Crippen molar-refractivity contribution in [2.24, 2.45) is 0 Å². The Morgan fingerprint density at radius 1 is 0.534 bits per heavy atom. The van der Waals surface area contributed by atoms with Crippen LogP contribution in [-0.2, 0) is 21.1 Å². The van der Waals surface area contributed by atoms with Crippen molar-refractivity contribution in [3.05, 3.63) is 205 Å². The van der Waals surface area contributed by atoms with Crippen LogP contribution in [0.4, 0.5) is 17.1 Å². The number of fused-ring (bicyclic) bond motifs is 4. The topological polar surface area (TPSA) is 30.9 Å². The number of imidazole rings is 1. The Bertz CT molecular complexity index is 3100. The monoisotopic (exact) mass is 929 g/mol. The molecular formula is C52H40N5Pt-. The van der Waals surface area contributed by atoms with Gasteiger partial charge < -0.3 is 9.47 Å². The Kier molecular flexibility index (Phi) is 9.63. The Labute approximate surface area is 353 Å². The summed E-state index contributed by atoms with van der Waals surface area (Å²) < 4.78 is 6.74. The number of hydrogen-bond donors (Lipinski definition) is 0. The van der Waals surface area contributed by atoms with E-state index in [1.165, 1.54) is 27.8 Å². The Morgan fingerprint density at radius 3 is 1.90 bits per heavy atom. The number of hydrogen-bond acceptors (Lipinski definition) is 2. The smallest absolute Gasteiger partial charge is 0.168 e. The minimum absolute atomic E-state index is 0. The molecule has 6 heteroatoms.